The molecule has 0 unspecified atom stereocenters. The number of benzene rings is 10. The van der Waals surface area contributed by atoms with Crippen LogP contribution in [0.15, 0.2) is 303 Å². The highest BCUT2D eigenvalue weighted by molar-refractivity contribution is 6.09. The molecule has 102 heavy (non-hydrogen) atoms. The molecule has 0 bridgehead atoms. The van der Waals surface area contributed by atoms with Gasteiger partial charge in [0, 0.05) is 78.3 Å². The van der Waals surface area contributed by atoms with Gasteiger partial charge in [-0.15, -0.1) is 0 Å². The lowest BCUT2D eigenvalue weighted by Gasteiger charge is -1.95. The Morgan fingerprint density at radius 1 is 0.265 bits per heavy atom. The summed E-state index contributed by atoms with van der Waals surface area (Å²) in [6.07, 6.45) is 6.33. The molecule has 0 fully saturated rings. The Bertz CT molecular complexity index is 2370. The molecule has 0 atom stereocenters. The molecule has 10 aromatic rings. The standard InChI is InChI=1S/5C12H10I.C5H15NSi.C4H13NSi.C4H12OSi.C3H10Si.C2H8OSi.5C2H6/c5*1-3-7-11(8-4-1)13-12-9-5-2-6-10-12;1-2-6-4-3-5-7;2*1-5-3-2-4-6;1-2-3-4;1-3-2-4;5*1-2/h5*1-10H;6H,2-5H2,1,7H3;5H,2-4H2,1,6H3;2-4H2,1,6H3;2-3H2,1,4H3;2H2,1,4H3;5*1-2H3/q5*+1;;;;;;;;;;. The number of nitrogens with one attached hydrogen (secondary N) is 2. The summed E-state index contributed by atoms with van der Waals surface area (Å²) in [7, 11) is 12.1. The Hall–Kier alpha value is -3.23. The van der Waals surface area contributed by atoms with Gasteiger partial charge in [0.05, 0.1) is 0 Å². The molecule has 562 valence electrons. The van der Waals surface area contributed by atoms with Crippen molar-refractivity contribution in [2.24, 2.45) is 0 Å². The van der Waals surface area contributed by atoms with E-state index in [0.29, 0.717) is 0 Å². The minimum Gasteiger partial charge on any atom is -0.389 e. The summed E-state index contributed by atoms with van der Waals surface area (Å²) in [6.45, 7) is 28.9. The van der Waals surface area contributed by atoms with Crippen molar-refractivity contribution in [3.05, 3.63) is 339 Å². The van der Waals surface area contributed by atoms with Gasteiger partial charge in [-0.05, 0) is 167 Å². The smallest absolute Gasteiger partial charge is 0.357 e. The maximum atomic E-state index is 4.80. The van der Waals surface area contributed by atoms with E-state index in [1.165, 1.54) is 150 Å². The largest absolute Gasteiger partial charge is 0.389 e. The van der Waals surface area contributed by atoms with Crippen LogP contribution in [0.5, 0.6) is 0 Å². The topological polar surface area (TPSA) is 42.5 Å². The molecule has 4 nitrogen and oxygen atoms in total. The van der Waals surface area contributed by atoms with E-state index in [1.54, 1.807) is 14.2 Å². The molecule has 2 N–H and O–H groups in total. The molecule has 0 aromatic heterocycles. The van der Waals surface area contributed by atoms with Gasteiger partial charge in [0.1, 0.15) is 0 Å². The van der Waals surface area contributed by atoms with Crippen molar-refractivity contribution in [3.63, 3.8) is 0 Å². The molecule has 0 heterocycles. The van der Waals surface area contributed by atoms with Crippen molar-refractivity contribution in [2.45, 2.75) is 133 Å². The second kappa shape index (κ2) is 93.9. The summed E-state index contributed by atoms with van der Waals surface area (Å²) in [5.41, 5.74) is 0. The number of halogens is 5. The molecule has 0 saturated heterocycles. The summed E-state index contributed by atoms with van der Waals surface area (Å²) in [6, 6.07) is 113. The molecule has 10 aromatic carbocycles. The van der Waals surface area contributed by atoms with E-state index >= 15 is 0 Å². The summed E-state index contributed by atoms with van der Waals surface area (Å²) < 4.78 is 24.2. The van der Waals surface area contributed by atoms with Crippen LogP contribution >= 0.6 is 0 Å². The lowest BCUT2D eigenvalue weighted by Crippen LogP contribution is -3.61. The van der Waals surface area contributed by atoms with Crippen molar-refractivity contribution in [1.29, 1.82) is 0 Å². The first kappa shape index (κ1) is 107. The molecular weight excluding hydrogens is 1890 g/mol. The molecule has 0 amide bonds. The highest BCUT2D eigenvalue weighted by atomic mass is 127. The van der Waals surface area contributed by atoms with Gasteiger partial charge in [-0.2, -0.15) is 0 Å². The minimum atomic E-state index is 0.0287. The molecule has 0 spiro atoms. The van der Waals surface area contributed by atoms with E-state index in [1.807, 2.05) is 76.3 Å². The van der Waals surface area contributed by atoms with Crippen LogP contribution in [0.1, 0.15) is 109 Å². The van der Waals surface area contributed by atoms with E-state index in [-0.39, 0.29) is 106 Å². The number of hydrogen-bond acceptors (Lipinski definition) is 4. The number of ether oxygens (including phenoxy) is 2. The summed E-state index contributed by atoms with van der Waals surface area (Å²) in [4.78, 5) is 0. The minimum absolute atomic E-state index is 0.0287. The Morgan fingerprint density at radius 3 is 0.529 bits per heavy atom. The van der Waals surface area contributed by atoms with E-state index in [0.717, 1.165) is 19.4 Å². The van der Waals surface area contributed by atoms with Crippen LogP contribution in [-0.4, -0.2) is 105 Å². The zero-order valence-electron chi connectivity index (χ0n) is 66.8. The van der Waals surface area contributed by atoms with Crippen LogP contribution in [0.2, 0.25) is 24.2 Å². The first-order valence-electron chi connectivity index (χ1n) is 37.4. The van der Waals surface area contributed by atoms with E-state index < -0.39 is 0 Å². The van der Waals surface area contributed by atoms with Crippen LogP contribution in [0.4, 0.5) is 0 Å². The van der Waals surface area contributed by atoms with E-state index in [4.69, 9.17) is 4.74 Å². The molecule has 10 rings (SSSR count). The number of hydrogen-bond donors (Lipinski definition) is 2. The summed E-state index contributed by atoms with van der Waals surface area (Å²) in [5, 5.41) is 6.36. The van der Waals surface area contributed by atoms with Crippen LogP contribution < -0.4 is 117 Å². The quantitative estimate of drug-likeness (QED) is 0.0623. The van der Waals surface area contributed by atoms with Crippen molar-refractivity contribution in [3.8, 4) is 0 Å². The lowest BCUT2D eigenvalue weighted by atomic mass is 10.4. The predicted octanol–water partition coefficient (Wildman–Crippen LogP) is 2.30. The highest BCUT2D eigenvalue weighted by Crippen LogP contribution is 1.91. The normalized spacial score (nSPS) is 9.01. The van der Waals surface area contributed by atoms with Gasteiger partial charge in [0.2, 0.25) is 0 Å². The molecule has 0 aliphatic heterocycles. The van der Waals surface area contributed by atoms with Crippen molar-refractivity contribution < 1.29 is 115 Å². The average Bonchev–Trinajstić information content (AvgIpc) is 0.991. The fraction of sp³-hybridized carbons (Fsp3) is 0.318. The lowest BCUT2D eigenvalue weighted by molar-refractivity contribution is -0.597. The zero-order chi connectivity index (χ0) is 76.7. The number of methoxy groups -OCH3 is 2. The Balaban J connectivity index is -0.000000344. The number of rotatable bonds is 22. The molecule has 0 radical (unpaired) electrons. The summed E-state index contributed by atoms with van der Waals surface area (Å²) in [5.74, 6) is 0. The van der Waals surface area contributed by atoms with Gasteiger partial charge in [-0.3, -0.25) is 0 Å². The fourth-order valence-corrected chi connectivity index (χ4v) is 18.9. The van der Waals surface area contributed by atoms with Crippen molar-refractivity contribution >= 4 is 51.2 Å². The van der Waals surface area contributed by atoms with Gasteiger partial charge in [0.25, 0.3) is 0 Å². The van der Waals surface area contributed by atoms with Gasteiger partial charge in [0.15, 0.2) is 35.7 Å². The van der Waals surface area contributed by atoms with E-state index in [9.17, 15) is 0 Å². The Morgan fingerprint density at radius 2 is 0.431 bits per heavy atom. The Kier molecular flexibility index (Phi) is 98.8. The van der Waals surface area contributed by atoms with Crippen LogP contribution in [-0.2, 0) is 9.47 Å². The first-order valence-corrected chi connectivity index (χ1v) is 55.3. The van der Waals surface area contributed by atoms with Gasteiger partial charge in [-0.1, -0.05) is 296 Å². The maximum Gasteiger partial charge on any atom is 0.357 e. The van der Waals surface area contributed by atoms with Crippen LogP contribution in [0.25, 0.3) is 0 Å². The second-order valence-electron chi connectivity index (χ2n) is 19.5. The van der Waals surface area contributed by atoms with Crippen molar-refractivity contribution in [1.82, 2.24) is 10.6 Å². The van der Waals surface area contributed by atoms with Gasteiger partial charge >= 0.3 is 106 Å². The third-order valence-electron chi connectivity index (χ3n) is 11.7. The zero-order valence-corrected chi connectivity index (χ0v) is 87.6. The fourth-order valence-electron chi connectivity index (χ4n) is 6.53. The Labute approximate surface area is 694 Å². The van der Waals surface area contributed by atoms with Gasteiger partial charge < -0.3 is 20.1 Å². The molecule has 0 saturated carbocycles. The third kappa shape index (κ3) is 75.0. The SMILES string of the molecule is CC.CC.CC.CC.CC.CCC[SiH3].CCNCCC[SiH3].CNCCC[SiH3].COCCC[SiH3].COC[SiH3].c1ccc([I+]c2ccccc2)cc1.c1ccc([I+]c2ccccc2)cc1.c1ccc([I+]c2ccccc2)cc1.c1ccc([I+]c2ccccc2)cc1.c1ccc([I+]c2ccccc2)cc1. The molecular formula is C88H138I5N2O2Si5+5. The predicted molar refractivity (Wildman–Crippen MR) is 457 cm³/mol. The molecule has 14 heteroatoms. The van der Waals surface area contributed by atoms with Crippen LogP contribution in [0.3, 0.4) is 0 Å². The van der Waals surface area contributed by atoms with Crippen LogP contribution in [0, 0.1) is 35.7 Å². The first-order chi connectivity index (χ1) is 50.3. The molecule has 0 aliphatic carbocycles. The summed E-state index contributed by atoms with van der Waals surface area (Å²) >= 11 is 0.143. The van der Waals surface area contributed by atoms with Crippen molar-refractivity contribution in [2.75, 3.05) is 53.7 Å². The molecule has 0 aliphatic rings. The third-order valence-corrected chi connectivity index (χ3v) is 28.8. The monoisotopic (exact) mass is 2030 g/mol. The van der Waals surface area contributed by atoms with E-state index in [2.05, 4.69) is 333 Å². The second-order valence-corrected chi connectivity index (χ2v) is 39.2. The average molecular weight is 2030 g/mol. The van der Waals surface area contributed by atoms with Gasteiger partial charge in [-0.25, -0.2) is 0 Å². The highest BCUT2D eigenvalue weighted by Gasteiger charge is 2.16. The maximum absolute atomic E-state index is 4.80.